The summed E-state index contributed by atoms with van der Waals surface area (Å²) in [4.78, 5) is 11.0. The van der Waals surface area contributed by atoms with E-state index in [4.69, 9.17) is 26.2 Å². The van der Waals surface area contributed by atoms with E-state index in [0.717, 1.165) is 11.1 Å². The number of carboxylic acid groups (broad SMARTS) is 1. The second-order valence-corrected chi connectivity index (χ2v) is 5.54. The molecule has 2 atom stereocenters. The van der Waals surface area contributed by atoms with Crippen LogP contribution in [0.4, 0.5) is 0 Å². The van der Waals surface area contributed by atoms with Crippen molar-refractivity contribution in [2.45, 2.75) is 19.4 Å². The van der Waals surface area contributed by atoms with Crippen molar-refractivity contribution in [3.8, 4) is 11.5 Å². The molecule has 2 heterocycles. The maximum Gasteiger partial charge on any atom is 0.307 e. The van der Waals surface area contributed by atoms with E-state index >= 15 is 0 Å². The van der Waals surface area contributed by atoms with Crippen molar-refractivity contribution in [1.29, 1.82) is 0 Å². The Bertz CT molecular complexity index is 561. The lowest BCUT2D eigenvalue weighted by molar-refractivity contribution is -0.141. The minimum Gasteiger partial charge on any atom is -0.486 e. The van der Waals surface area contributed by atoms with E-state index in [9.17, 15) is 4.79 Å². The molecule has 0 bridgehead atoms. The van der Waals surface area contributed by atoms with Crippen molar-refractivity contribution in [3.05, 3.63) is 22.2 Å². The highest BCUT2D eigenvalue weighted by atomic mass is 35.5. The Balaban J connectivity index is 1.94. The summed E-state index contributed by atoms with van der Waals surface area (Å²) in [6.45, 7) is 3.39. The van der Waals surface area contributed by atoms with Crippen LogP contribution < -0.4 is 14.8 Å². The van der Waals surface area contributed by atoms with Gasteiger partial charge in [-0.1, -0.05) is 11.6 Å². The molecule has 2 unspecified atom stereocenters. The van der Waals surface area contributed by atoms with E-state index in [2.05, 4.69) is 5.32 Å². The third-order valence-electron chi connectivity index (χ3n) is 3.88. The van der Waals surface area contributed by atoms with E-state index < -0.39 is 5.97 Å². The average Bonchev–Trinajstić information content (AvgIpc) is 2.92. The number of benzene rings is 1. The summed E-state index contributed by atoms with van der Waals surface area (Å²) in [7, 11) is 0. The molecule has 0 spiro atoms. The van der Waals surface area contributed by atoms with Gasteiger partial charge in [0.05, 0.1) is 10.9 Å². The predicted octanol–water partition coefficient (Wildman–Crippen LogP) is 2.15. The molecule has 1 fully saturated rings. The number of hydrogen-bond donors (Lipinski definition) is 2. The van der Waals surface area contributed by atoms with Crippen molar-refractivity contribution in [1.82, 2.24) is 5.32 Å². The van der Waals surface area contributed by atoms with Gasteiger partial charge in [0, 0.05) is 18.2 Å². The lowest BCUT2D eigenvalue weighted by atomic mass is 9.97. The van der Waals surface area contributed by atoms with Gasteiger partial charge >= 0.3 is 5.97 Å². The van der Waals surface area contributed by atoms with E-state index in [0.29, 0.717) is 42.7 Å². The summed E-state index contributed by atoms with van der Waals surface area (Å²) in [5, 5.41) is 12.9. The Labute approximate surface area is 121 Å². The first-order chi connectivity index (χ1) is 9.58. The first-order valence-electron chi connectivity index (χ1n) is 6.62. The Kier molecular flexibility index (Phi) is 3.48. The molecule has 0 saturated carbocycles. The molecule has 2 aliphatic rings. The van der Waals surface area contributed by atoms with E-state index in [1.807, 2.05) is 13.0 Å². The topological polar surface area (TPSA) is 67.8 Å². The number of aliphatic carboxylic acids is 1. The number of carboxylic acids is 1. The van der Waals surface area contributed by atoms with Gasteiger partial charge in [-0.25, -0.2) is 0 Å². The number of fused-ring (bicyclic) bond motifs is 1. The quantitative estimate of drug-likeness (QED) is 0.875. The van der Waals surface area contributed by atoms with E-state index in [-0.39, 0.29) is 12.0 Å². The molecule has 1 aromatic rings. The van der Waals surface area contributed by atoms with Crippen LogP contribution in [0.2, 0.25) is 5.02 Å². The number of ether oxygens (including phenoxy) is 2. The molecule has 0 aliphatic carbocycles. The van der Waals surface area contributed by atoms with Crippen molar-refractivity contribution in [2.75, 3.05) is 19.8 Å². The summed E-state index contributed by atoms with van der Waals surface area (Å²) in [6, 6.07) is 1.81. The largest absolute Gasteiger partial charge is 0.486 e. The molecule has 3 rings (SSSR count). The third-order valence-corrected chi connectivity index (χ3v) is 4.38. The molecule has 0 amide bonds. The maximum absolute atomic E-state index is 11.0. The molecular formula is C14H16ClNO4. The second kappa shape index (κ2) is 5.14. The van der Waals surface area contributed by atoms with Crippen LogP contribution in [0.25, 0.3) is 0 Å². The third kappa shape index (κ3) is 2.21. The normalized spacial score (nSPS) is 24.7. The highest BCUT2D eigenvalue weighted by Crippen LogP contribution is 2.43. The van der Waals surface area contributed by atoms with Crippen molar-refractivity contribution in [3.63, 3.8) is 0 Å². The number of rotatable bonds is 2. The molecular weight excluding hydrogens is 282 g/mol. The first kappa shape index (κ1) is 13.5. The van der Waals surface area contributed by atoms with Gasteiger partial charge in [0.15, 0.2) is 11.5 Å². The van der Waals surface area contributed by atoms with Crippen LogP contribution in [0, 0.1) is 12.8 Å². The van der Waals surface area contributed by atoms with Crippen molar-refractivity contribution < 1.29 is 19.4 Å². The van der Waals surface area contributed by atoms with Crippen LogP contribution >= 0.6 is 11.6 Å². The Morgan fingerprint density at radius 1 is 1.45 bits per heavy atom. The monoisotopic (exact) mass is 297 g/mol. The summed E-state index contributed by atoms with van der Waals surface area (Å²) >= 11 is 6.41. The lowest BCUT2D eigenvalue weighted by Crippen LogP contribution is -2.19. The second-order valence-electron chi connectivity index (χ2n) is 5.16. The Morgan fingerprint density at radius 2 is 2.20 bits per heavy atom. The van der Waals surface area contributed by atoms with Gasteiger partial charge in [-0.05, 0) is 25.0 Å². The van der Waals surface area contributed by atoms with Crippen LogP contribution in [0.3, 0.4) is 0 Å². The van der Waals surface area contributed by atoms with E-state index in [1.54, 1.807) is 0 Å². The maximum atomic E-state index is 11.0. The number of carbonyl (C=O) groups is 1. The fraction of sp³-hybridized carbons (Fsp3) is 0.500. The summed E-state index contributed by atoms with van der Waals surface area (Å²) in [5.41, 5.74) is 1.73. The average molecular weight is 298 g/mol. The van der Waals surface area contributed by atoms with Gasteiger partial charge in [-0.2, -0.15) is 0 Å². The van der Waals surface area contributed by atoms with Gasteiger partial charge < -0.3 is 19.9 Å². The number of nitrogens with one attached hydrogen (secondary N) is 1. The van der Waals surface area contributed by atoms with Crippen LogP contribution in [0.1, 0.15) is 23.6 Å². The van der Waals surface area contributed by atoms with Gasteiger partial charge in [-0.3, -0.25) is 4.79 Å². The summed E-state index contributed by atoms with van der Waals surface area (Å²) in [6.07, 6.45) is 0.536. The van der Waals surface area contributed by atoms with E-state index in [1.165, 1.54) is 0 Å². The van der Waals surface area contributed by atoms with Gasteiger partial charge in [-0.15, -0.1) is 0 Å². The summed E-state index contributed by atoms with van der Waals surface area (Å²) in [5.74, 6) is 0.237. The molecule has 0 radical (unpaired) electrons. The molecule has 1 saturated heterocycles. The molecule has 2 N–H and O–H groups in total. The summed E-state index contributed by atoms with van der Waals surface area (Å²) < 4.78 is 11.2. The zero-order chi connectivity index (χ0) is 14.3. The predicted molar refractivity (Wildman–Crippen MR) is 73.7 cm³/mol. The highest BCUT2D eigenvalue weighted by molar-refractivity contribution is 6.32. The molecule has 5 nitrogen and oxygen atoms in total. The molecule has 2 aliphatic heterocycles. The smallest absolute Gasteiger partial charge is 0.307 e. The fourth-order valence-corrected chi connectivity index (χ4v) is 3.04. The zero-order valence-electron chi connectivity index (χ0n) is 11.1. The number of hydrogen-bond acceptors (Lipinski definition) is 4. The first-order valence-corrected chi connectivity index (χ1v) is 7.00. The molecule has 108 valence electrons. The van der Waals surface area contributed by atoms with Crippen molar-refractivity contribution in [2.24, 2.45) is 5.92 Å². The molecule has 0 aromatic heterocycles. The standard InChI is InChI=1S/C14H16ClNO4/c1-7-12(15)9(5-11-13(7)20-3-2-19-11)10-4-8(6-16-10)14(17)18/h5,8,10,16H,2-4,6H2,1H3,(H,17,18). The van der Waals surface area contributed by atoms with Gasteiger partial charge in [0.25, 0.3) is 0 Å². The zero-order valence-corrected chi connectivity index (χ0v) is 11.9. The Morgan fingerprint density at radius 3 is 2.90 bits per heavy atom. The van der Waals surface area contributed by atoms with Crippen LogP contribution in [-0.4, -0.2) is 30.8 Å². The van der Waals surface area contributed by atoms with Crippen LogP contribution in [-0.2, 0) is 4.79 Å². The van der Waals surface area contributed by atoms with Crippen molar-refractivity contribution >= 4 is 17.6 Å². The molecule has 1 aromatic carbocycles. The van der Waals surface area contributed by atoms with Crippen LogP contribution in [0.5, 0.6) is 11.5 Å². The fourth-order valence-electron chi connectivity index (χ4n) is 2.77. The lowest BCUT2D eigenvalue weighted by Gasteiger charge is -2.24. The number of halogens is 1. The molecule has 20 heavy (non-hydrogen) atoms. The SMILES string of the molecule is Cc1c(Cl)c(C2CC(C(=O)O)CN2)cc2c1OCCO2. The van der Waals surface area contributed by atoms with Gasteiger partial charge in [0.2, 0.25) is 0 Å². The highest BCUT2D eigenvalue weighted by Gasteiger charge is 2.33. The van der Waals surface area contributed by atoms with Gasteiger partial charge in [0.1, 0.15) is 13.2 Å². The Hall–Kier alpha value is -1.46. The van der Waals surface area contributed by atoms with Crippen LogP contribution in [0.15, 0.2) is 6.07 Å². The minimum absolute atomic E-state index is 0.0573. The molecule has 6 heteroatoms. The minimum atomic E-state index is -0.773.